The number of hydrogen-bond donors (Lipinski definition) is 2. The number of carbonyl (C=O) groups is 2. The van der Waals surface area contributed by atoms with Crippen LogP contribution < -0.4 is 10.6 Å². The number of amides is 2. The van der Waals surface area contributed by atoms with Crippen LogP contribution >= 0.6 is 0 Å². The Morgan fingerprint density at radius 3 is 2.81 bits per heavy atom. The highest BCUT2D eigenvalue weighted by Gasteiger charge is 2.32. The summed E-state index contributed by atoms with van der Waals surface area (Å²) in [5, 5.41) is 5.93. The summed E-state index contributed by atoms with van der Waals surface area (Å²) in [4.78, 5) is 29.3. The Morgan fingerprint density at radius 1 is 1.31 bits per heavy atom. The summed E-state index contributed by atoms with van der Waals surface area (Å²) in [7, 11) is 0. The number of nitrogens with one attached hydrogen (secondary N) is 2. The molecule has 2 heterocycles. The number of nitrogens with zero attached hydrogens (tertiary/aromatic N) is 1. The Balaban J connectivity index is 1.77. The average Bonchev–Trinajstić information content (AvgIpc) is 2.58. The van der Waals surface area contributed by atoms with E-state index >= 15 is 0 Å². The van der Waals surface area contributed by atoms with E-state index in [9.17, 15) is 9.59 Å². The Hall–Kier alpha value is -2.69. The number of allylic oxidation sites excluding steroid dienone is 1. The lowest BCUT2D eigenvalue weighted by molar-refractivity contribution is -0.124. The van der Waals surface area contributed by atoms with Crippen molar-refractivity contribution in [1.29, 1.82) is 0 Å². The fourth-order valence-electron chi connectivity index (χ4n) is 3.51. The van der Waals surface area contributed by atoms with Crippen molar-refractivity contribution in [2.24, 2.45) is 4.99 Å². The van der Waals surface area contributed by atoms with Gasteiger partial charge in [-0.25, -0.2) is 0 Å². The fourth-order valence-corrected chi connectivity index (χ4v) is 3.51. The Labute approximate surface area is 154 Å². The number of rotatable bonds is 4. The lowest BCUT2D eigenvalue weighted by Crippen LogP contribution is -2.44. The molecule has 1 aromatic carbocycles. The summed E-state index contributed by atoms with van der Waals surface area (Å²) >= 11 is 0. The molecule has 0 fully saturated rings. The van der Waals surface area contributed by atoms with Crippen LogP contribution in [0.4, 0.5) is 0 Å². The van der Waals surface area contributed by atoms with Crippen molar-refractivity contribution in [1.82, 2.24) is 10.6 Å². The second kappa shape index (κ2) is 7.28. The van der Waals surface area contributed by atoms with Gasteiger partial charge in [0.2, 0.25) is 11.8 Å². The van der Waals surface area contributed by atoms with Gasteiger partial charge in [-0.1, -0.05) is 29.8 Å². The number of aliphatic imine (C=N–C) groups is 1. The van der Waals surface area contributed by atoms with E-state index in [1.807, 2.05) is 52.3 Å². The van der Waals surface area contributed by atoms with Crippen molar-refractivity contribution in [2.45, 2.75) is 46.2 Å². The van der Waals surface area contributed by atoms with Gasteiger partial charge in [0.25, 0.3) is 0 Å². The first-order valence-corrected chi connectivity index (χ1v) is 8.82. The van der Waals surface area contributed by atoms with Gasteiger partial charge < -0.3 is 10.6 Å². The van der Waals surface area contributed by atoms with Crippen LogP contribution in [-0.2, 0) is 9.59 Å². The van der Waals surface area contributed by atoms with Crippen molar-refractivity contribution in [2.75, 3.05) is 0 Å². The second-order valence-corrected chi connectivity index (χ2v) is 6.90. The number of carbonyl (C=O) groups excluding carboxylic acids is 2. The van der Waals surface area contributed by atoms with Crippen LogP contribution in [0.25, 0.3) is 0 Å². The van der Waals surface area contributed by atoms with Gasteiger partial charge in [-0.2, -0.15) is 0 Å². The summed E-state index contributed by atoms with van der Waals surface area (Å²) in [6.45, 7) is 7.78. The first-order valence-electron chi connectivity index (χ1n) is 8.82. The minimum atomic E-state index is -0.186. The largest absolute Gasteiger partial charge is 0.349 e. The van der Waals surface area contributed by atoms with Gasteiger partial charge in [0.05, 0.1) is 18.5 Å². The molecule has 1 unspecified atom stereocenters. The van der Waals surface area contributed by atoms with Crippen molar-refractivity contribution >= 4 is 18.0 Å². The summed E-state index contributed by atoms with van der Waals surface area (Å²) < 4.78 is 0. The van der Waals surface area contributed by atoms with Gasteiger partial charge >= 0.3 is 0 Å². The molecule has 135 valence electrons. The van der Waals surface area contributed by atoms with Gasteiger partial charge in [0.15, 0.2) is 0 Å². The molecule has 2 aliphatic heterocycles. The molecule has 0 saturated heterocycles. The molecule has 5 nitrogen and oxygen atoms in total. The van der Waals surface area contributed by atoms with E-state index in [1.165, 1.54) is 0 Å². The first-order chi connectivity index (χ1) is 12.4. The molecule has 3 rings (SSSR count). The zero-order chi connectivity index (χ0) is 18.8. The zero-order valence-electron chi connectivity index (χ0n) is 15.6. The van der Waals surface area contributed by atoms with Crippen LogP contribution in [0.15, 0.2) is 51.7 Å². The minimum absolute atomic E-state index is 0.0566. The van der Waals surface area contributed by atoms with E-state index in [2.05, 4.69) is 21.7 Å². The highest BCUT2D eigenvalue weighted by molar-refractivity contribution is 6.02. The number of aryl methyl sites for hydroxylation is 1. The standard InChI is InChI=1S/C21H24N3O2/c1-12-6-5-7-16(10-12)14(3)23-19(25)11-17-13(2)20-15(4)22-9-8-18(20)24-21(17)26/h5-10,14,18H,11H2,1-4H3,(H,23,25)(H,24,26)/t14-,18?/m0/s1. The highest BCUT2D eigenvalue weighted by Crippen LogP contribution is 2.31. The molecular weight excluding hydrogens is 326 g/mol. The molecule has 2 atom stereocenters. The van der Waals surface area contributed by atoms with Gasteiger partial charge in [-0.15, -0.1) is 0 Å². The average molecular weight is 350 g/mol. The molecule has 2 N–H and O–H groups in total. The minimum Gasteiger partial charge on any atom is -0.349 e. The van der Waals surface area contributed by atoms with Gasteiger partial charge in [0.1, 0.15) is 0 Å². The third-order valence-corrected chi connectivity index (χ3v) is 4.92. The Kier molecular flexibility index (Phi) is 5.07. The van der Waals surface area contributed by atoms with Crippen LogP contribution in [0.2, 0.25) is 0 Å². The predicted molar refractivity (Wildman–Crippen MR) is 102 cm³/mol. The molecule has 1 radical (unpaired) electrons. The highest BCUT2D eigenvalue weighted by atomic mass is 16.2. The van der Waals surface area contributed by atoms with Crippen LogP contribution in [0, 0.1) is 13.3 Å². The van der Waals surface area contributed by atoms with Crippen LogP contribution in [0.5, 0.6) is 0 Å². The lowest BCUT2D eigenvalue weighted by Gasteiger charge is -2.31. The molecule has 0 aliphatic carbocycles. The maximum absolute atomic E-state index is 12.5. The van der Waals surface area contributed by atoms with E-state index in [0.29, 0.717) is 5.57 Å². The molecule has 2 aliphatic rings. The monoisotopic (exact) mass is 350 g/mol. The van der Waals surface area contributed by atoms with Crippen LogP contribution in [-0.4, -0.2) is 24.1 Å². The zero-order valence-corrected chi connectivity index (χ0v) is 15.6. The number of hydrogen-bond acceptors (Lipinski definition) is 3. The fraction of sp³-hybridized carbons (Fsp3) is 0.333. The van der Waals surface area contributed by atoms with Gasteiger partial charge in [-0.05, 0) is 44.4 Å². The first kappa shape index (κ1) is 18.1. The summed E-state index contributed by atoms with van der Waals surface area (Å²) in [5.41, 5.74) is 5.42. The summed E-state index contributed by atoms with van der Waals surface area (Å²) in [6.07, 6.45) is 3.62. The molecule has 0 aromatic heterocycles. The SMILES string of the molecule is CC1=C2C(C)=C(CC(=O)N[C@@H](C)c3cccc(C)c3)C(=O)NC2[CH]C=N1. The van der Waals surface area contributed by atoms with Crippen LogP contribution in [0.3, 0.4) is 0 Å². The number of benzene rings is 1. The molecule has 2 amide bonds. The van der Waals surface area contributed by atoms with Crippen molar-refractivity contribution < 1.29 is 9.59 Å². The molecule has 26 heavy (non-hydrogen) atoms. The maximum Gasteiger partial charge on any atom is 0.248 e. The Morgan fingerprint density at radius 2 is 2.08 bits per heavy atom. The van der Waals surface area contributed by atoms with Crippen LogP contribution in [0.1, 0.15) is 44.4 Å². The molecule has 0 saturated carbocycles. The van der Waals surface area contributed by atoms with Crippen molar-refractivity contribution in [3.05, 3.63) is 64.2 Å². The molecule has 1 aromatic rings. The Bertz CT molecular complexity index is 849. The van der Waals surface area contributed by atoms with E-state index in [-0.39, 0.29) is 30.3 Å². The molecule has 5 heteroatoms. The van der Waals surface area contributed by atoms with E-state index in [4.69, 9.17) is 0 Å². The predicted octanol–water partition coefficient (Wildman–Crippen LogP) is 2.94. The van der Waals surface area contributed by atoms with E-state index < -0.39 is 0 Å². The van der Waals surface area contributed by atoms with Gasteiger partial charge in [0, 0.05) is 23.9 Å². The smallest absolute Gasteiger partial charge is 0.248 e. The molecule has 0 spiro atoms. The summed E-state index contributed by atoms with van der Waals surface area (Å²) in [6, 6.07) is 7.77. The maximum atomic E-state index is 12.5. The lowest BCUT2D eigenvalue weighted by atomic mass is 9.85. The van der Waals surface area contributed by atoms with Gasteiger partial charge in [-0.3, -0.25) is 14.6 Å². The molecule has 0 bridgehead atoms. The third kappa shape index (κ3) is 3.62. The normalized spacial score (nSPS) is 20.6. The van der Waals surface area contributed by atoms with E-state index in [0.717, 1.165) is 28.0 Å². The second-order valence-electron chi connectivity index (χ2n) is 6.90. The van der Waals surface area contributed by atoms with Crippen molar-refractivity contribution in [3.8, 4) is 0 Å². The van der Waals surface area contributed by atoms with E-state index in [1.54, 1.807) is 6.21 Å². The topological polar surface area (TPSA) is 70.6 Å². The van der Waals surface area contributed by atoms with Crippen molar-refractivity contribution in [3.63, 3.8) is 0 Å². The third-order valence-electron chi connectivity index (χ3n) is 4.92. The summed E-state index contributed by atoms with van der Waals surface area (Å²) in [5.74, 6) is -0.350. The number of fused-ring (bicyclic) bond motifs is 1. The molecular formula is C21H24N3O2. The quantitative estimate of drug-likeness (QED) is 0.876.